The normalized spacial score (nSPS) is 19.2. The molecule has 1 saturated carbocycles. The Morgan fingerprint density at radius 3 is 2.54 bits per heavy atom. The lowest BCUT2D eigenvalue weighted by Crippen LogP contribution is -2.50. The van der Waals surface area contributed by atoms with Crippen molar-refractivity contribution < 1.29 is 9.18 Å². The van der Waals surface area contributed by atoms with Crippen molar-refractivity contribution >= 4 is 34.1 Å². The molecule has 1 aliphatic heterocycles. The van der Waals surface area contributed by atoms with Crippen molar-refractivity contribution in [3.05, 3.63) is 35.2 Å². The van der Waals surface area contributed by atoms with Crippen LogP contribution in [0.4, 0.5) is 10.1 Å². The number of carbonyl (C=O) groups is 1. The number of halogens is 2. The SMILES string of the molecule is O=C(C1CCCCC1)N1CCN(c2ccc3c(Cl)ccnc3c2F)CC1. The summed E-state index contributed by atoms with van der Waals surface area (Å²) in [6.45, 7) is 2.58. The number of hydrogen-bond donors (Lipinski definition) is 0. The second kappa shape index (κ2) is 7.39. The zero-order chi connectivity index (χ0) is 18.1. The Bertz CT molecular complexity index is 814. The molecule has 6 heteroatoms. The van der Waals surface area contributed by atoms with Crippen molar-refractivity contribution in [3.8, 4) is 0 Å². The van der Waals surface area contributed by atoms with Gasteiger partial charge in [0.1, 0.15) is 5.52 Å². The van der Waals surface area contributed by atoms with Crippen LogP contribution in [0, 0.1) is 11.7 Å². The van der Waals surface area contributed by atoms with Crippen LogP contribution in [0.3, 0.4) is 0 Å². The zero-order valence-electron chi connectivity index (χ0n) is 14.8. The fourth-order valence-corrected chi connectivity index (χ4v) is 4.37. The number of carbonyl (C=O) groups excluding carboxylic acids is 1. The zero-order valence-corrected chi connectivity index (χ0v) is 15.5. The van der Waals surface area contributed by atoms with Crippen molar-refractivity contribution in [1.29, 1.82) is 0 Å². The number of hydrogen-bond acceptors (Lipinski definition) is 3. The lowest BCUT2D eigenvalue weighted by atomic mass is 9.88. The van der Waals surface area contributed by atoms with E-state index in [4.69, 9.17) is 11.6 Å². The summed E-state index contributed by atoms with van der Waals surface area (Å²) in [5, 5.41) is 1.13. The van der Waals surface area contributed by atoms with Gasteiger partial charge in [0.15, 0.2) is 5.82 Å². The Balaban J connectivity index is 1.47. The first-order valence-electron chi connectivity index (χ1n) is 9.41. The quantitative estimate of drug-likeness (QED) is 0.787. The fraction of sp³-hybridized carbons (Fsp3) is 0.500. The molecule has 2 fully saturated rings. The highest BCUT2D eigenvalue weighted by Crippen LogP contribution is 2.31. The summed E-state index contributed by atoms with van der Waals surface area (Å²) in [6.07, 6.45) is 7.13. The summed E-state index contributed by atoms with van der Waals surface area (Å²) in [5.74, 6) is 0.146. The Kier molecular flexibility index (Phi) is 4.98. The van der Waals surface area contributed by atoms with Gasteiger partial charge in [0.05, 0.1) is 10.7 Å². The van der Waals surface area contributed by atoms with Gasteiger partial charge in [-0.25, -0.2) is 4.39 Å². The van der Waals surface area contributed by atoms with Crippen molar-refractivity contribution in [2.75, 3.05) is 31.1 Å². The van der Waals surface area contributed by atoms with Crippen LogP contribution < -0.4 is 4.90 Å². The summed E-state index contributed by atoms with van der Waals surface area (Å²) >= 11 is 6.13. The average Bonchev–Trinajstić information content (AvgIpc) is 2.69. The van der Waals surface area contributed by atoms with Crippen molar-refractivity contribution in [3.63, 3.8) is 0 Å². The lowest BCUT2D eigenvalue weighted by molar-refractivity contribution is -0.136. The molecule has 2 aliphatic rings. The standard InChI is InChI=1S/C20H23ClFN3O/c21-16-8-9-23-19-15(16)6-7-17(18(19)22)24-10-12-25(13-11-24)20(26)14-4-2-1-3-5-14/h6-9,14H,1-5,10-13H2. The highest BCUT2D eigenvalue weighted by atomic mass is 35.5. The molecule has 0 spiro atoms. The molecule has 4 rings (SSSR count). The largest absolute Gasteiger partial charge is 0.366 e. The first-order valence-corrected chi connectivity index (χ1v) is 9.79. The van der Waals surface area contributed by atoms with E-state index in [-0.39, 0.29) is 17.6 Å². The number of piperazine rings is 1. The van der Waals surface area contributed by atoms with Gasteiger partial charge in [0.2, 0.25) is 5.91 Å². The second-order valence-corrected chi connectivity index (χ2v) is 7.64. The predicted molar refractivity (Wildman–Crippen MR) is 102 cm³/mol. The summed E-state index contributed by atoms with van der Waals surface area (Å²) < 4.78 is 14.9. The molecule has 0 atom stereocenters. The Morgan fingerprint density at radius 1 is 1.08 bits per heavy atom. The highest BCUT2D eigenvalue weighted by Gasteiger charge is 2.29. The molecule has 0 bridgehead atoms. The monoisotopic (exact) mass is 375 g/mol. The highest BCUT2D eigenvalue weighted by molar-refractivity contribution is 6.35. The molecule has 2 aromatic rings. The van der Waals surface area contributed by atoms with E-state index in [1.807, 2.05) is 15.9 Å². The van der Waals surface area contributed by atoms with Crippen molar-refractivity contribution in [1.82, 2.24) is 9.88 Å². The van der Waals surface area contributed by atoms with E-state index in [1.54, 1.807) is 12.1 Å². The van der Waals surface area contributed by atoms with Gasteiger partial charge >= 0.3 is 0 Å². The lowest BCUT2D eigenvalue weighted by Gasteiger charge is -2.38. The minimum absolute atomic E-state index is 0.194. The van der Waals surface area contributed by atoms with E-state index >= 15 is 0 Å². The summed E-state index contributed by atoms with van der Waals surface area (Å²) in [4.78, 5) is 20.8. The van der Waals surface area contributed by atoms with Crippen LogP contribution in [0.2, 0.25) is 5.02 Å². The van der Waals surface area contributed by atoms with Gasteiger partial charge < -0.3 is 9.80 Å². The smallest absolute Gasteiger partial charge is 0.225 e. The second-order valence-electron chi connectivity index (χ2n) is 7.23. The van der Waals surface area contributed by atoms with E-state index in [2.05, 4.69) is 4.98 Å². The third kappa shape index (κ3) is 3.25. The molecule has 4 nitrogen and oxygen atoms in total. The number of aromatic nitrogens is 1. The molecule has 2 heterocycles. The first-order chi connectivity index (χ1) is 12.6. The van der Waals surface area contributed by atoms with Crippen molar-refractivity contribution in [2.24, 2.45) is 5.92 Å². The number of amides is 1. The van der Waals surface area contributed by atoms with Crippen LogP contribution in [-0.4, -0.2) is 42.0 Å². The van der Waals surface area contributed by atoms with Gasteiger partial charge in [0, 0.05) is 43.7 Å². The first kappa shape index (κ1) is 17.5. The van der Waals surface area contributed by atoms with Gasteiger partial charge in [-0.15, -0.1) is 0 Å². The third-order valence-corrected chi connectivity index (χ3v) is 5.99. The van der Waals surface area contributed by atoms with Crippen LogP contribution in [0.5, 0.6) is 0 Å². The van der Waals surface area contributed by atoms with E-state index in [1.165, 1.54) is 12.6 Å². The maximum atomic E-state index is 14.9. The molecular formula is C20H23ClFN3O. The van der Waals surface area contributed by atoms with Gasteiger partial charge in [-0.2, -0.15) is 0 Å². The van der Waals surface area contributed by atoms with Crippen LogP contribution >= 0.6 is 11.6 Å². The average molecular weight is 376 g/mol. The molecular weight excluding hydrogens is 353 g/mol. The molecule has 138 valence electrons. The number of fused-ring (bicyclic) bond motifs is 1. The molecule has 1 aliphatic carbocycles. The molecule has 0 N–H and O–H groups in total. The van der Waals surface area contributed by atoms with E-state index in [9.17, 15) is 9.18 Å². The number of rotatable bonds is 2. The van der Waals surface area contributed by atoms with E-state index < -0.39 is 0 Å². The molecule has 1 amide bonds. The minimum atomic E-state index is -0.336. The van der Waals surface area contributed by atoms with Gasteiger partial charge in [-0.3, -0.25) is 9.78 Å². The topological polar surface area (TPSA) is 36.4 Å². The van der Waals surface area contributed by atoms with Crippen LogP contribution in [0.1, 0.15) is 32.1 Å². The third-order valence-electron chi connectivity index (χ3n) is 5.66. The number of nitrogens with zero attached hydrogens (tertiary/aromatic N) is 3. The molecule has 0 radical (unpaired) electrons. The van der Waals surface area contributed by atoms with Gasteiger partial charge in [-0.1, -0.05) is 30.9 Å². The van der Waals surface area contributed by atoms with Crippen molar-refractivity contribution in [2.45, 2.75) is 32.1 Å². The molecule has 1 saturated heterocycles. The fourth-order valence-electron chi connectivity index (χ4n) is 4.16. The molecule has 0 unspecified atom stereocenters. The number of anilines is 1. The summed E-state index contributed by atoms with van der Waals surface area (Å²) in [6, 6.07) is 5.26. The Morgan fingerprint density at radius 2 is 1.81 bits per heavy atom. The number of pyridine rings is 1. The van der Waals surface area contributed by atoms with E-state index in [0.717, 1.165) is 25.7 Å². The predicted octanol–water partition coefficient (Wildman–Crippen LogP) is 4.26. The summed E-state index contributed by atoms with van der Waals surface area (Å²) in [5.41, 5.74) is 0.841. The Hall–Kier alpha value is -1.88. The maximum absolute atomic E-state index is 14.9. The van der Waals surface area contributed by atoms with Crippen LogP contribution in [0.25, 0.3) is 10.9 Å². The molecule has 26 heavy (non-hydrogen) atoms. The van der Waals surface area contributed by atoms with Crippen LogP contribution in [-0.2, 0) is 4.79 Å². The van der Waals surface area contributed by atoms with Crippen LogP contribution in [0.15, 0.2) is 24.4 Å². The number of benzene rings is 1. The Labute approximate surface area is 157 Å². The van der Waals surface area contributed by atoms with Gasteiger partial charge in [0.25, 0.3) is 0 Å². The molecule has 1 aromatic carbocycles. The summed E-state index contributed by atoms with van der Waals surface area (Å²) in [7, 11) is 0. The minimum Gasteiger partial charge on any atom is -0.366 e. The maximum Gasteiger partial charge on any atom is 0.225 e. The van der Waals surface area contributed by atoms with Gasteiger partial charge in [-0.05, 0) is 31.0 Å². The molecule has 1 aromatic heterocycles. The van der Waals surface area contributed by atoms with E-state index in [0.29, 0.717) is 47.8 Å².